The van der Waals surface area contributed by atoms with Gasteiger partial charge in [-0.15, -0.1) is 0 Å². The van der Waals surface area contributed by atoms with E-state index in [4.69, 9.17) is 46.4 Å². The predicted octanol–water partition coefficient (Wildman–Crippen LogP) is 25.5. The molecule has 26 heteroatoms. The molecule has 10 saturated carbocycles. The Hall–Kier alpha value is -5.93. The van der Waals surface area contributed by atoms with Crippen molar-refractivity contribution in [3.63, 3.8) is 0 Å². The van der Waals surface area contributed by atoms with Crippen LogP contribution in [0.15, 0.2) is 0 Å². The van der Waals surface area contributed by atoms with Crippen LogP contribution < -0.4 is 16.4 Å². The van der Waals surface area contributed by atoms with Crippen LogP contribution in [0.5, 0.6) is 0 Å². The van der Waals surface area contributed by atoms with E-state index in [9.17, 15) is 59.1 Å². The van der Waals surface area contributed by atoms with Gasteiger partial charge in [-0.05, 0) is 275 Å². The normalized spacial score (nSPS) is 24.9. The van der Waals surface area contributed by atoms with Gasteiger partial charge in [0.1, 0.15) is 40.2 Å². The molecule has 0 aromatic rings. The maximum absolute atomic E-state index is 12.1. The van der Waals surface area contributed by atoms with Crippen LogP contribution in [-0.4, -0.2) is 204 Å². The third-order valence-electron chi connectivity index (χ3n) is 33.1. The minimum atomic E-state index is -0.904. The maximum Gasteiger partial charge on any atom is 0.411 e. The lowest BCUT2D eigenvalue weighted by Crippen LogP contribution is -2.70. The van der Waals surface area contributed by atoms with Crippen molar-refractivity contribution in [2.24, 2.45) is 61.4 Å². The number of rotatable bonds is 17. The van der Waals surface area contributed by atoms with Gasteiger partial charge in [-0.25, -0.2) is 35.3 Å². The quantitative estimate of drug-likeness (QED) is 0.0482. The average molecular weight is 1930 g/mol. The number of carbonyl (C=O) groups is 7. The molecule has 4 spiro atoms. The number of alkyl carbamates (subject to hydrolysis) is 2. The first-order valence-electron chi connectivity index (χ1n) is 54.8. The summed E-state index contributed by atoms with van der Waals surface area (Å²) < 4.78 is 26.8. The van der Waals surface area contributed by atoms with E-state index < -0.39 is 58.1 Å². The molecule has 3 saturated heterocycles. The molecule has 0 bridgehead atoms. The third kappa shape index (κ3) is 37.0. The van der Waals surface area contributed by atoms with Crippen LogP contribution in [0.25, 0.3) is 4.85 Å². The second kappa shape index (κ2) is 55.8. The van der Waals surface area contributed by atoms with E-state index in [0.717, 1.165) is 161 Å². The van der Waals surface area contributed by atoms with Crippen molar-refractivity contribution in [1.29, 1.82) is 5.26 Å². The zero-order valence-electron chi connectivity index (χ0n) is 90.3. The molecule has 3 heterocycles. The van der Waals surface area contributed by atoms with Crippen LogP contribution in [0.1, 0.15) is 479 Å². The third-order valence-corrected chi connectivity index (χ3v) is 33.1. The molecule has 13 rings (SSSR count). The van der Waals surface area contributed by atoms with Gasteiger partial charge in [0.15, 0.2) is 0 Å². The molecule has 8 unspecified atom stereocenters. The van der Waals surface area contributed by atoms with Gasteiger partial charge < -0.3 is 85.3 Å². The Bertz CT molecular complexity index is 3510. The van der Waals surface area contributed by atoms with Crippen LogP contribution in [0.2, 0.25) is 0 Å². The molecule has 792 valence electrons. The van der Waals surface area contributed by atoms with Crippen molar-refractivity contribution in [1.82, 2.24) is 25.3 Å². The monoisotopic (exact) mass is 1930 g/mol. The zero-order chi connectivity index (χ0) is 103. The smallest absolute Gasteiger partial charge is 0.411 e. The summed E-state index contributed by atoms with van der Waals surface area (Å²) in [6.07, 6.45) is 57.3. The standard InChI is InChI=1S/C16H31NO2.C15H29NO3.C15H27NO2.C14H23NO4.C14H25NO3.C10H17NO.C10H21NO.C10H16O2.C7H11N/c1-6-13(2)16(10-8-7-9-11-16)12-17-14(18)19-15(3,4)5;1-5-12(17)15(9-7-6-8-10-15)11-16-13(18)19-14(2,3)4;1-5-12-15(9-7-6-8-10-15)11-16(12)13(17)18-14(2,3)4;1-13(2,3)19-12(18)15-9-14(10(15)11(16)17)7-5-4-6-8-14;1-13(2,3)18-12(17)15-10-14(11(15)9-16)7-5-4-6-8-14;1-3-9(12)10(11-2)7-5-4-6-8-10;1-2-9(12)10(8-11)6-4-3-5-7-10;11-9(12)8-4-7-10(8)5-2-1-3-6-10;8-6-7-4-2-1-3-5-7/h13H,6-12H2,1-5H3,(H,17,18);12,17H,5-11H2,1-4H3,(H,16,18);12H,5-11H2,1-4H3;10H,4-9H2,1-3H3,(H,16,17);11,16H,4-10H2,1-3H3;9,12H,3-8H2,1H3;9,12H,2-8,11H2,1H3;8H,1-7H2,(H,11,12);7H,1-5H2. The minimum Gasteiger partial charge on any atom is -0.481 e. The first-order valence-corrected chi connectivity index (χ1v) is 54.8. The van der Waals surface area contributed by atoms with Crippen LogP contribution in [0, 0.1) is 73.6 Å². The molecule has 10 aliphatic carbocycles. The molecule has 0 aromatic carbocycles. The predicted molar refractivity (Wildman–Crippen MR) is 545 cm³/mol. The first-order chi connectivity index (χ1) is 64.3. The largest absolute Gasteiger partial charge is 0.481 e. The fourth-order valence-corrected chi connectivity index (χ4v) is 24.9. The molecule has 8 atom stereocenters. The number of nitrogens with one attached hydrogen (secondary N) is 2. The number of hydrogen-bond acceptors (Lipinski definition) is 18. The molecule has 5 amide bonds. The number of aliphatic hydroxyl groups excluding tert-OH is 4. The van der Waals surface area contributed by atoms with E-state index >= 15 is 0 Å². The van der Waals surface area contributed by atoms with E-state index in [1.165, 1.54) is 191 Å². The highest BCUT2D eigenvalue weighted by molar-refractivity contribution is 5.83. The summed E-state index contributed by atoms with van der Waals surface area (Å²) in [6, 6.07) is 1.97. The molecule has 10 N–H and O–H groups in total. The molecule has 13 aliphatic rings. The molecular formula is C111H200N8O18. The number of carboxylic acid groups (broad SMARTS) is 2. The van der Waals surface area contributed by atoms with Gasteiger partial charge in [-0.3, -0.25) is 9.69 Å². The van der Waals surface area contributed by atoms with Crippen molar-refractivity contribution in [2.75, 3.05) is 45.9 Å². The second-order valence-corrected chi connectivity index (χ2v) is 48.8. The number of nitrogens with two attached hydrogens (primary N) is 1. The summed E-state index contributed by atoms with van der Waals surface area (Å²) >= 11 is 0. The number of nitrogens with zero attached hydrogens (tertiary/aromatic N) is 5. The van der Waals surface area contributed by atoms with Gasteiger partial charge in [0.25, 0.3) is 5.54 Å². The molecule has 26 nitrogen and oxygen atoms in total. The molecular weight excluding hydrogens is 1730 g/mol. The van der Waals surface area contributed by atoms with Gasteiger partial charge >= 0.3 is 42.4 Å². The first kappa shape index (κ1) is 122. The van der Waals surface area contributed by atoms with Crippen molar-refractivity contribution in [2.45, 2.75) is 549 Å². The second-order valence-electron chi connectivity index (χ2n) is 48.8. The maximum atomic E-state index is 12.1. The zero-order valence-corrected chi connectivity index (χ0v) is 90.3. The number of amides is 5. The number of likely N-dealkylation sites (tertiary alicyclic amines) is 3. The highest BCUT2D eigenvalue weighted by Crippen LogP contribution is 2.57. The van der Waals surface area contributed by atoms with E-state index in [1.807, 2.05) is 109 Å². The van der Waals surface area contributed by atoms with E-state index in [2.05, 4.69) is 42.3 Å². The Morgan fingerprint density at radius 2 is 0.715 bits per heavy atom. The van der Waals surface area contributed by atoms with Crippen molar-refractivity contribution in [3.8, 4) is 6.07 Å². The van der Waals surface area contributed by atoms with Crippen molar-refractivity contribution >= 4 is 42.4 Å². The molecule has 137 heavy (non-hydrogen) atoms. The lowest BCUT2D eigenvalue weighted by atomic mass is 9.54. The van der Waals surface area contributed by atoms with E-state index in [-0.39, 0.29) is 93.2 Å². The Labute approximate surface area is 830 Å². The van der Waals surface area contributed by atoms with Gasteiger partial charge in [0.05, 0.1) is 36.8 Å². The minimum absolute atomic E-state index is 0.00204. The number of nitriles is 1. The van der Waals surface area contributed by atoms with Gasteiger partial charge in [-0.1, -0.05) is 208 Å². The number of hydrogen-bond donors (Lipinski definition) is 9. The van der Waals surface area contributed by atoms with Gasteiger partial charge in [0, 0.05) is 91.1 Å². The number of aliphatic carboxylic acids is 2. The highest BCUT2D eigenvalue weighted by atomic mass is 16.6. The van der Waals surface area contributed by atoms with Crippen molar-refractivity contribution < 1.29 is 87.9 Å². The summed E-state index contributed by atoms with van der Waals surface area (Å²) in [5, 5.41) is 72.1. The summed E-state index contributed by atoms with van der Waals surface area (Å²) in [4.78, 5) is 90.8. The Kier molecular flexibility index (Phi) is 49.5. The average Bonchev–Trinajstić information content (AvgIpc) is 0.734. The van der Waals surface area contributed by atoms with Crippen LogP contribution in [-0.2, 0) is 33.3 Å². The van der Waals surface area contributed by atoms with E-state index in [1.54, 1.807) is 25.7 Å². The summed E-state index contributed by atoms with van der Waals surface area (Å²) in [5.41, 5.74) is 3.80. The lowest BCUT2D eigenvalue weighted by Gasteiger charge is -2.59. The summed E-state index contributed by atoms with van der Waals surface area (Å²) in [7, 11) is 0. The van der Waals surface area contributed by atoms with Crippen molar-refractivity contribution in [3.05, 3.63) is 11.4 Å². The van der Waals surface area contributed by atoms with E-state index in [0.29, 0.717) is 49.3 Å². The molecule has 0 aromatic heterocycles. The highest BCUT2D eigenvalue weighted by Gasteiger charge is 2.60. The Morgan fingerprint density at radius 3 is 1.03 bits per heavy atom. The summed E-state index contributed by atoms with van der Waals surface area (Å²) in [5.74, 6) is -0.411. The fraction of sp³-hybridized carbons (Fsp3) is 0.919. The van der Waals surface area contributed by atoms with Crippen LogP contribution >= 0.6 is 0 Å². The van der Waals surface area contributed by atoms with Crippen LogP contribution in [0.4, 0.5) is 24.0 Å². The molecule has 13 fully saturated rings. The Morgan fingerprint density at radius 1 is 0.401 bits per heavy atom. The van der Waals surface area contributed by atoms with Gasteiger partial charge in [-0.2, -0.15) is 5.26 Å². The fourth-order valence-electron chi connectivity index (χ4n) is 24.9. The number of carboxylic acids is 2. The SMILES string of the molecule is CC(C)(C)OC(=O)N1CC2(CCCCC2)C1C(=O)O.CC(C)(C)OC(=O)N1CC2(CCCCC2)C1CO.CCC(C)C1(CNC(=O)OC(C)(C)C)CCCCC1.CCC(O)C1(CN)CCCCC1.CCC(O)C1(CNC(=O)OC(C)(C)C)CCCCC1.CCC1N(C(=O)OC(C)(C)C)CC12CCCCC2.N#CC1CCCCC1.O=C(O)C1CCC12CCCCC2.[C-]#[N+]C1(C(O)CC)CCCCC1. The number of carbonyl (C=O) groups excluding carboxylic acids is 5. The Balaban J connectivity index is 0.000000275. The number of aliphatic hydroxyl groups is 4. The summed E-state index contributed by atoms with van der Waals surface area (Å²) in [6.45, 7) is 52.1. The number of ether oxygens (including phenoxy) is 5. The van der Waals surface area contributed by atoms with Gasteiger partial charge in [0.2, 0.25) is 0 Å². The van der Waals surface area contributed by atoms with Crippen LogP contribution in [0.3, 0.4) is 0 Å². The topological polar surface area (TPSA) is 375 Å². The molecule has 3 aliphatic heterocycles. The lowest BCUT2D eigenvalue weighted by molar-refractivity contribution is -0.167. The molecule has 0 radical (unpaired) electrons.